The van der Waals surface area contributed by atoms with Crippen molar-refractivity contribution in [1.29, 1.82) is 0 Å². The summed E-state index contributed by atoms with van der Waals surface area (Å²) in [7, 11) is 0. The Balaban J connectivity index is 0.000000201. The second-order valence-corrected chi connectivity index (χ2v) is 8.97. The van der Waals surface area contributed by atoms with Crippen molar-refractivity contribution in [3.8, 4) is 24.7 Å². The molecule has 1 N–H and O–H groups in total. The van der Waals surface area contributed by atoms with E-state index in [0.29, 0.717) is 0 Å². The molecule has 2 aromatic carbocycles. The summed E-state index contributed by atoms with van der Waals surface area (Å²) in [5.41, 5.74) is 3.82. The van der Waals surface area contributed by atoms with E-state index in [1.807, 2.05) is 48.5 Å². The number of benzene rings is 2. The summed E-state index contributed by atoms with van der Waals surface area (Å²) in [6.07, 6.45) is 17.5. The van der Waals surface area contributed by atoms with Gasteiger partial charge in [0.25, 0.3) is 0 Å². The number of aliphatic hydroxyl groups is 1. The Morgan fingerprint density at radius 1 is 0.778 bits per heavy atom. The van der Waals surface area contributed by atoms with Gasteiger partial charge in [-0.05, 0) is 80.3 Å². The number of hydrogen-bond acceptors (Lipinski definition) is 5. The van der Waals surface area contributed by atoms with Crippen molar-refractivity contribution >= 4 is 0 Å². The van der Waals surface area contributed by atoms with Gasteiger partial charge >= 0.3 is 0 Å². The van der Waals surface area contributed by atoms with Gasteiger partial charge in [-0.1, -0.05) is 43.0 Å². The summed E-state index contributed by atoms with van der Waals surface area (Å²) in [5, 5.41) is 9.42. The molecule has 2 heterocycles. The largest absolute Gasteiger partial charge is 0.393 e. The summed E-state index contributed by atoms with van der Waals surface area (Å²) >= 11 is 0. The Morgan fingerprint density at radius 2 is 1.22 bits per heavy atom. The molecule has 0 spiro atoms. The van der Waals surface area contributed by atoms with Crippen molar-refractivity contribution < 1.29 is 24.1 Å². The maximum absolute atomic E-state index is 9.42. The molecule has 2 saturated heterocycles. The fourth-order valence-electron chi connectivity index (χ4n) is 4.23. The molecular formula is C31H38O5. The molecule has 2 aromatic rings. The normalized spacial score (nSPS) is 21.2. The highest BCUT2D eigenvalue weighted by molar-refractivity contribution is 5.35. The lowest BCUT2D eigenvalue weighted by molar-refractivity contribution is -0.196. The van der Waals surface area contributed by atoms with Gasteiger partial charge in [0, 0.05) is 24.3 Å². The van der Waals surface area contributed by atoms with Crippen LogP contribution in [0.5, 0.6) is 0 Å². The van der Waals surface area contributed by atoms with Crippen LogP contribution in [-0.4, -0.2) is 37.5 Å². The van der Waals surface area contributed by atoms with Crippen LogP contribution in [-0.2, 0) is 18.9 Å². The SMILES string of the molecule is C#Cc1ccc([C@@H](CC)OC2CCCCO2)cc1.C#Cc1ccc([C@@H](CO)OC2CCCCO2)cc1. The predicted molar refractivity (Wildman–Crippen MR) is 141 cm³/mol. The fraction of sp³-hybridized carbons (Fsp3) is 0.484. The quantitative estimate of drug-likeness (QED) is 0.467. The van der Waals surface area contributed by atoms with Crippen LogP contribution in [0.3, 0.4) is 0 Å². The van der Waals surface area contributed by atoms with E-state index in [2.05, 4.69) is 18.8 Å². The van der Waals surface area contributed by atoms with Gasteiger partial charge in [-0.15, -0.1) is 12.8 Å². The zero-order valence-electron chi connectivity index (χ0n) is 21.2. The zero-order valence-corrected chi connectivity index (χ0v) is 21.2. The van der Waals surface area contributed by atoms with E-state index >= 15 is 0 Å². The third-order valence-electron chi connectivity index (χ3n) is 6.34. The van der Waals surface area contributed by atoms with Gasteiger partial charge in [-0.2, -0.15) is 0 Å². The fourth-order valence-corrected chi connectivity index (χ4v) is 4.23. The minimum atomic E-state index is -0.347. The highest BCUT2D eigenvalue weighted by Crippen LogP contribution is 2.27. The van der Waals surface area contributed by atoms with Gasteiger partial charge in [0.05, 0.1) is 12.7 Å². The summed E-state index contributed by atoms with van der Waals surface area (Å²) in [6.45, 7) is 3.62. The summed E-state index contributed by atoms with van der Waals surface area (Å²) in [4.78, 5) is 0. The first kappa shape index (κ1) is 27.9. The topological polar surface area (TPSA) is 57.2 Å². The summed E-state index contributed by atoms with van der Waals surface area (Å²) in [5.74, 6) is 5.19. The zero-order chi connectivity index (χ0) is 25.6. The molecule has 4 rings (SSSR count). The Bertz CT molecular complexity index is 877. The molecule has 0 bridgehead atoms. The minimum Gasteiger partial charge on any atom is -0.393 e. The molecule has 0 aliphatic carbocycles. The molecule has 5 heteroatoms. The average molecular weight is 491 g/mol. The molecule has 192 valence electrons. The van der Waals surface area contributed by atoms with Gasteiger partial charge in [0.2, 0.25) is 0 Å². The van der Waals surface area contributed by atoms with Crippen molar-refractivity contribution in [1.82, 2.24) is 0 Å². The van der Waals surface area contributed by atoms with Crippen LogP contribution in [0.4, 0.5) is 0 Å². The predicted octanol–water partition coefficient (Wildman–Crippen LogP) is 5.91. The smallest absolute Gasteiger partial charge is 0.158 e. The van der Waals surface area contributed by atoms with Gasteiger partial charge in [0.1, 0.15) is 6.10 Å². The number of ether oxygens (including phenoxy) is 4. The van der Waals surface area contributed by atoms with E-state index in [0.717, 1.165) is 68.4 Å². The number of terminal acetylenes is 2. The molecule has 36 heavy (non-hydrogen) atoms. The number of aliphatic hydroxyl groups excluding tert-OH is 1. The average Bonchev–Trinajstić information content (AvgIpc) is 2.96. The van der Waals surface area contributed by atoms with Gasteiger partial charge in [-0.3, -0.25) is 0 Å². The van der Waals surface area contributed by atoms with Crippen LogP contribution in [0.1, 0.15) is 86.3 Å². The van der Waals surface area contributed by atoms with E-state index in [1.54, 1.807) is 0 Å². The van der Waals surface area contributed by atoms with Crippen LogP contribution < -0.4 is 0 Å². The molecule has 5 nitrogen and oxygen atoms in total. The Labute approximate surface area is 216 Å². The van der Waals surface area contributed by atoms with Crippen molar-refractivity contribution in [2.75, 3.05) is 19.8 Å². The number of hydrogen-bond donors (Lipinski definition) is 1. The molecule has 2 aliphatic rings. The Hall–Kier alpha value is -2.64. The van der Waals surface area contributed by atoms with Gasteiger partial charge < -0.3 is 24.1 Å². The van der Waals surface area contributed by atoms with E-state index < -0.39 is 0 Å². The first-order valence-corrected chi connectivity index (χ1v) is 12.9. The molecular weight excluding hydrogens is 452 g/mol. The maximum Gasteiger partial charge on any atom is 0.158 e. The van der Waals surface area contributed by atoms with Crippen LogP contribution >= 0.6 is 0 Å². The minimum absolute atomic E-state index is 0.0454. The third kappa shape index (κ3) is 8.79. The van der Waals surface area contributed by atoms with E-state index in [9.17, 15) is 5.11 Å². The molecule has 0 radical (unpaired) electrons. The van der Waals surface area contributed by atoms with Crippen molar-refractivity contribution in [2.45, 2.75) is 76.7 Å². The van der Waals surface area contributed by atoms with Crippen molar-refractivity contribution in [3.63, 3.8) is 0 Å². The standard InChI is InChI=1S/C16H20O2.C15H18O3/c1-3-13-8-10-14(11-9-13)15(4-2)18-16-7-5-6-12-17-16;1-2-12-6-8-13(9-7-12)14(11-16)18-15-5-3-4-10-17-15/h1,8-11,15-16H,4-7,12H2,2H3;1,6-9,14-16H,3-5,10-11H2/t15-,16?;14-,15?/m11/s1. The van der Waals surface area contributed by atoms with E-state index in [1.165, 1.54) is 12.0 Å². The molecule has 2 unspecified atom stereocenters. The first-order valence-electron chi connectivity index (χ1n) is 12.9. The maximum atomic E-state index is 9.42. The lowest BCUT2D eigenvalue weighted by Crippen LogP contribution is -2.25. The molecule has 2 fully saturated rings. The lowest BCUT2D eigenvalue weighted by Gasteiger charge is -2.27. The lowest BCUT2D eigenvalue weighted by atomic mass is 10.0. The van der Waals surface area contributed by atoms with Crippen molar-refractivity contribution in [2.24, 2.45) is 0 Å². The number of rotatable bonds is 8. The molecule has 2 aliphatic heterocycles. The summed E-state index contributed by atoms with van der Waals surface area (Å²) in [6, 6.07) is 15.5. The second kappa shape index (κ2) is 15.5. The van der Waals surface area contributed by atoms with Crippen LogP contribution in [0.15, 0.2) is 48.5 Å². The Morgan fingerprint density at radius 3 is 1.58 bits per heavy atom. The monoisotopic (exact) mass is 490 g/mol. The first-order chi connectivity index (χ1) is 17.7. The molecule has 0 saturated carbocycles. The van der Waals surface area contributed by atoms with Crippen LogP contribution in [0.25, 0.3) is 0 Å². The van der Waals surface area contributed by atoms with Crippen LogP contribution in [0.2, 0.25) is 0 Å². The Kier molecular flexibility index (Phi) is 12.0. The second-order valence-electron chi connectivity index (χ2n) is 8.97. The molecule has 0 amide bonds. The third-order valence-corrected chi connectivity index (χ3v) is 6.34. The van der Waals surface area contributed by atoms with E-state index in [-0.39, 0.29) is 31.4 Å². The van der Waals surface area contributed by atoms with Crippen LogP contribution in [0, 0.1) is 24.7 Å². The molecule has 0 aromatic heterocycles. The highest BCUT2D eigenvalue weighted by atomic mass is 16.7. The van der Waals surface area contributed by atoms with Crippen molar-refractivity contribution in [3.05, 3.63) is 70.8 Å². The van der Waals surface area contributed by atoms with Gasteiger partial charge in [0.15, 0.2) is 12.6 Å². The summed E-state index contributed by atoms with van der Waals surface area (Å²) < 4.78 is 22.9. The van der Waals surface area contributed by atoms with E-state index in [4.69, 9.17) is 31.8 Å². The molecule has 4 atom stereocenters. The van der Waals surface area contributed by atoms with Gasteiger partial charge in [-0.25, -0.2) is 0 Å². The highest BCUT2D eigenvalue weighted by Gasteiger charge is 2.21.